The van der Waals surface area contributed by atoms with Crippen molar-refractivity contribution in [3.63, 3.8) is 0 Å². The molecule has 0 bridgehead atoms. The van der Waals surface area contributed by atoms with Gasteiger partial charge in [-0.2, -0.15) is 0 Å². The molecule has 0 atom stereocenters. The van der Waals surface area contributed by atoms with Crippen LogP contribution in [0.4, 0.5) is 5.69 Å². The zero-order valence-corrected chi connectivity index (χ0v) is 8.09. The molecule has 0 spiro atoms. The van der Waals surface area contributed by atoms with Crippen molar-refractivity contribution in [2.45, 2.75) is 6.42 Å². The molecule has 0 aromatic heterocycles. The van der Waals surface area contributed by atoms with Gasteiger partial charge in [-0.3, -0.25) is 0 Å². The summed E-state index contributed by atoms with van der Waals surface area (Å²) in [7, 11) is 0. The van der Waals surface area contributed by atoms with E-state index >= 15 is 0 Å². The Morgan fingerprint density at radius 2 is 2.15 bits per heavy atom. The average molecular weight is 197 g/mol. The van der Waals surface area contributed by atoms with E-state index in [4.69, 9.17) is 23.1 Å². The zero-order chi connectivity index (χ0) is 9.68. The molecule has 0 aliphatic rings. The molecular formula is C10H13ClN2. The highest BCUT2D eigenvalue weighted by Crippen LogP contribution is 2.19. The first kappa shape index (κ1) is 10.1. The second kappa shape index (κ2) is 4.90. The standard InChI is InChI=1S/C10H13ClN2/c11-9-5-4-8(10(13)7-9)3-1-2-6-12/h1,3-5,7H,2,6,12-13H2. The SMILES string of the molecule is NCCC=Cc1ccc(Cl)cc1N. The minimum Gasteiger partial charge on any atom is -0.398 e. The molecular weight excluding hydrogens is 184 g/mol. The molecule has 0 aliphatic heterocycles. The van der Waals surface area contributed by atoms with E-state index in [1.54, 1.807) is 6.07 Å². The number of nitrogens with two attached hydrogens (primary N) is 2. The molecule has 1 aromatic carbocycles. The maximum absolute atomic E-state index is 5.75. The largest absolute Gasteiger partial charge is 0.398 e. The van der Waals surface area contributed by atoms with Crippen LogP contribution in [0.2, 0.25) is 5.02 Å². The molecule has 0 radical (unpaired) electrons. The summed E-state index contributed by atoms with van der Waals surface area (Å²) in [4.78, 5) is 0. The lowest BCUT2D eigenvalue weighted by Gasteiger charge is -1.99. The summed E-state index contributed by atoms with van der Waals surface area (Å²) in [6, 6.07) is 5.45. The molecule has 70 valence electrons. The van der Waals surface area contributed by atoms with Crippen LogP contribution in [0.1, 0.15) is 12.0 Å². The van der Waals surface area contributed by atoms with Crippen LogP contribution in [0.25, 0.3) is 6.08 Å². The molecule has 1 rings (SSSR count). The van der Waals surface area contributed by atoms with Gasteiger partial charge in [0.15, 0.2) is 0 Å². The van der Waals surface area contributed by atoms with Gasteiger partial charge in [0.2, 0.25) is 0 Å². The van der Waals surface area contributed by atoms with Crippen molar-refractivity contribution in [2.24, 2.45) is 5.73 Å². The van der Waals surface area contributed by atoms with Crippen molar-refractivity contribution in [1.82, 2.24) is 0 Å². The molecule has 0 amide bonds. The molecule has 0 unspecified atom stereocenters. The quantitative estimate of drug-likeness (QED) is 0.729. The van der Waals surface area contributed by atoms with Crippen LogP contribution in [-0.2, 0) is 0 Å². The van der Waals surface area contributed by atoms with Crippen molar-refractivity contribution in [3.05, 3.63) is 34.9 Å². The van der Waals surface area contributed by atoms with E-state index in [-0.39, 0.29) is 0 Å². The second-order valence-corrected chi connectivity index (χ2v) is 3.19. The first-order chi connectivity index (χ1) is 6.24. The third-order valence-corrected chi connectivity index (χ3v) is 1.91. The topological polar surface area (TPSA) is 52.0 Å². The maximum atomic E-state index is 5.75. The van der Waals surface area contributed by atoms with Gasteiger partial charge in [0.05, 0.1) is 0 Å². The van der Waals surface area contributed by atoms with Gasteiger partial charge in [-0.25, -0.2) is 0 Å². The molecule has 13 heavy (non-hydrogen) atoms. The number of halogens is 1. The summed E-state index contributed by atoms with van der Waals surface area (Å²) in [6.45, 7) is 0.657. The minimum absolute atomic E-state index is 0.657. The van der Waals surface area contributed by atoms with Crippen molar-refractivity contribution in [3.8, 4) is 0 Å². The van der Waals surface area contributed by atoms with Crippen molar-refractivity contribution >= 4 is 23.4 Å². The fourth-order valence-electron chi connectivity index (χ4n) is 1.00. The van der Waals surface area contributed by atoms with E-state index in [2.05, 4.69) is 0 Å². The number of hydrogen-bond acceptors (Lipinski definition) is 2. The van der Waals surface area contributed by atoms with Crippen molar-refractivity contribution in [1.29, 1.82) is 0 Å². The Labute approximate surface area is 83.2 Å². The summed E-state index contributed by atoms with van der Waals surface area (Å²) in [5.41, 5.74) is 12.8. The Hall–Kier alpha value is -0.990. The Morgan fingerprint density at radius 1 is 1.38 bits per heavy atom. The molecule has 4 N–H and O–H groups in total. The summed E-state index contributed by atoms with van der Waals surface area (Å²) >= 11 is 5.75. The van der Waals surface area contributed by atoms with Crippen LogP contribution < -0.4 is 11.5 Å². The number of rotatable bonds is 3. The van der Waals surface area contributed by atoms with E-state index in [0.717, 1.165) is 12.0 Å². The third-order valence-electron chi connectivity index (χ3n) is 1.68. The Balaban J connectivity index is 2.77. The summed E-state index contributed by atoms with van der Waals surface area (Å²) in [6.07, 6.45) is 4.82. The number of hydrogen-bond donors (Lipinski definition) is 2. The highest BCUT2D eigenvalue weighted by atomic mass is 35.5. The van der Waals surface area contributed by atoms with Gasteiger partial charge in [0, 0.05) is 10.7 Å². The van der Waals surface area contributed by atoms with Crippen LogP contribution in [0.15, 0.2) is 24.3 Å². The number of nitrogen functional groups attached to an aromatic ring is 1. The van der Waals surface area contributed by atoms with Gasteiger partial charge in [0.1, 0.15) is 0 Å². The van der Waals surface area contributed by atoms with Crippen molar-refractivity contribution < 1.29 is 0 Å². The predicted octanol–water partition coefficient (Wildman–Crippen LogP) is 2.28. The number of benzene rings is 1. The Morgan fingerprint density at radius 3 is 2.77 bits per heavy atom. The van der Waals surface area contributed by atoms with Gasteiger partial charge < -0.3 is 11.5 Å². The lowest BCUT2D eigenvalue weighted by Crippen LogP contribution is -1.95. The molecule has 0 aliphatic carbocycles. The van der Waals surface area contributed by atoms with Crippen LogP contribution >= 0.6 is 11.6 Å². The lowest BCUT2D eigenvalue weighted by molar-refractivity contribution is 1.01. The third kappa shape index (κ3) is 3.09. The van der Waals surface area contributed by atoms with Crippen LogP contribution in [0, 0.1) is 0 Å². The van der Waals surface area contributed by atoms with Crippen LogP contribution in [-0.4, -0.2) is 6.54 Å². The summed E-state index contributed by atoms with van der Waals surface area (Å²) < 4.78 is 0. The first-order valence-corrected chi connectivity index (χ1v) is 4.53. The average Bonchev–Trinajstić information content (AvgIpc) is 2.09. The molecule has 0 saturated heterocycles. The predicted molar refractivity (Wildman–Crippen MR) is 58.6 cm³/mol. The van der Waals surface area contributed by atoms with Gasteiger partial charge in [-0.05, 0) is 30.7 Å². The van der Waals surface area contributed by atoms with E-state index in [9.17, 15) is 0 Å². The molecule has 1 aromatic rings. The Bertz CT molecular complexity index is 308. The summed E-state index contributed by atoms with van der Waals surface area (Å²) in [5.74, 6) is 0. The Kier molecular flexibility index (Phi) is 3.80. The molecule has 3 heteroatoms. The minimum atomic E-state index is 0.657. The smallest absolute Gasteiger partial charge is 0.0426 e. The van der Waals surface area contributed by atoms with Gasteiger partial charge in [-0.1, -0.05) is 29.8 Å². The van der Waals surface area contributed by atoms with Gasteiger partial charge in [0.25, 0.3) is 0 Å². The van der Waals surface area contributed by atoms with Crippen LogP contribution in [0.5, 0.6) is 0 Å². The van der Waals surface area contributed by atoms with Crippen molar-refractivity contribution in [2.75, 3.05) is 12.3 Å². The van der Waals surface area contributed by atoms with Gasteiger partial charge in [-0.15, -0.1) is 0 Å². The number of anilines is 1. The fourth-order valence-corrected chi connectivity index (χ4v) is 1.18. The lowest BCUT2D eigenvalue weighted by atomic mass is 10.1. The highest BCUT2D eigenvalue weighted by Gasteiger charge is 1.94. The zero-order valence-electron chi connectivity index (χ0n) is 7.33. The molecule has 0 saturated carbocycles. The molecule has 0 heterocycles. The molecule has 2 nitrogen and oxygen atoms in total. The first-order valence-electron chi connectivity index (χ1n) is 4.15. The highest BCUT2D eigenvalue weighted by molar-refractivity contribution is 6.30. The van der Waals surface area contributed by atoms with E-state index in [1.165, 1.54) is 0 Å². The van der Waals surface area contributed by atoms with Gasteiger partial charge >= 0.3 is 0 Å². The van der Waals surface area contributed by atoms with E-state index in [1.807, 2.05) is 24.3 Å². The second-order valence-electron chi connectivity index (χ2n) is 2.75. The summed E-state index contributed by atoms with van der Waals surface area (Å²) in [5, 5.41) is 0.661. The van der Waals surface area contributed by atoms with E-state index in [0.29, 0.717) is 17.3 Å². The monoisotopic (exact) mass is 196 g/mol. The van der Waals surface area contributed by atoms with E-state index < -0.39 is 0 Å². The van der Waals surface area contributed by atoms with Crippen LogP contribution in [0.3, 0.4) is 0 Å². The molecule has 0 fully saturated rings. The maximum Gasteiger partial charge on any atom is 0.0426 e. The fraction of sp³-hybridized carbons (Fsp3) is 0.200. The normalized spacial score (nSPS) is 10.9.